The Balaban J connectivity index is 2.47. The number of benzene rings is 1. The molecule has 1 rings (SSSR count). The first-order chi connectivity index (χ1) is 8.67. The Hall–Kier alpha value is -1.20. The minimum atomic E-state index is -0.294. The molecule has 0 spiro atoms. The summed E-state index contributed by atoms with van der Waals surface area (Å²) in [6.45, 7) is 0.631. The fourth-order valence-corrected chi connectivity index (χ4v) is 2.04. The number of carbonyl (C=O) groups excluding carboxylic acids is 1. The van der Waals surface area contributed by atoms with Gasteiger partial charge < -0.3 is 15.8 Å². The molecule has 3 N–H and O–H groups in total. The van der Waals surface area contributed by atoms with Crippen molar-refractivity contribution in [3.8, 4) is 5.75 Å². The number of hydrogen-bond acceptors (Lipinski definition) is 4. The molecule has 5 heteroatoms. The molecule has 0 aliphatic carbocycles. The Morgan fingerprint density at radius 3 is 2.61 bits per heavy atom. The van der Waals surface area contributed by atoms with Gasteiger partial charge in [0.1, 0.15) is 5.75 Å². The summed E-state index contributed by atoms with van der Waals surface area (Å²) in [5.41, 5.74) is 6.46. The maximum atomic E-state index is 11.3. The zero-order valence-corrected chi connectivity index (χ0v) is 11.6. The number of nitrogens with one attached hydrogen (secondary N) is 1. The SMILES string of the molecule is COc1ccc(CNC(CCSC)C(N)=O)cc1. The first-order valence-corrected chi connectivity index (χ1v) is 7.21. The van der Waals surface area contributed by atoms with Crippen LogP contribution < -0.4 is 15.8 Å². The summed E-state index contributed by atoms with van der Waals surface area (Å²) in [6.07, 6.45) is 2.77. The van der Waals surface area contributed by atoms with Crippen molar-refractivity contribution in [3.63, 3.8) is 0 Å². The summed E-state index contributed by atoms with van der Waals surface area (Å²) in [4.78, 5) is 11.3. The zero-order chi connectivity index (χ0) is 13.4. The average molecular weight is 268 g/mol. The number of hydrogen-bond donors (Lipinski definition) is 2. The third-order valence-electron chi connectivity index (χ3n) is 2.67. The zero-order valence-electron chi connectivity index (χ0n) is 10.8. The predicted octanol–water partition coefficient (Wildman–Crippen LogP) is 1.39. The van der Waals surface area contributed by atoms with Crippen LogP contribution in [0, 0.1) is 0 Å². The molecule has 0 saturated heterocycles. The van der Waals surface area contributed by atoms with Gasteiger partial charge in [0.15, 0.2) is 0 Å². The van der Waals surface area contributed by atoms with E-state index in [1.54, 1.807) is 18.9 Å². The van der Waals surface area contributed by atoms with Crippen LogP contribution in [0.3, 0.4) is 0 Å². The van der Waals surface area contributed by atoms with Gasteiger partial charge >= 0.3 is 0 Å². The second-order valence-electron chi connectivity index (χ2n) is 3.97. The van der Waals surface area contributed by atoms with Crippen LogP contribution in [0.2, 0.25) is 0 Å². The maximum absolute atomic E-state index is 11.3. The lowest BCUT2D eigenvalue weighted by atomic mass is 10.1. The van der Waals surface area contributed by atoms with E-state index in [9.17, 15) is 4.79 Å². The van der Waals surface area contributed by atoms with Gasteiger partial charge in [-0.15, -0.1) is 0 Å². The summed E-state index contributed by atoms with van der Waals surface area (Å²) in [7, 11) is 1.64. The van der Waals surface area contributed by atoms with Gasteiger partial charge in [-0.1, -0.05) is 12.1 Å². The second kappa shape index (κ2) is 8.00. The van der Waals surface area contributed by atoms with Crippen molar-refractivity contribution in [2.45, 2.75) is 19.0 Å². The first kappa shape index (κ1) is 14.9. The molecule has 18 heavy (non-hydrogen) atoms. The van der Waals surface area contributed by atoms with E-state index in [0.717, 1.165) is 23.5 Å². The number of nitrogens with two attached hydrogens (primary N) is 1. The average Bonchev–Trinajstić information content (AvgIpc) is 2.39. The molecule has 0 aromatic heterocycles. The molecule has 1 aromatic carbocycles. The van der Waals surface area contributed by atoms with Crippen molar-refractivity contribution in [2.75, 3.05) is 19.1 Å². The van der Waals surface area contributed by atoms with Crippen LogP contribution >= 0.6 is 11.8 Å². The van der Waals surface area contributed by atoms with E-state index in [4.69, 9.17) is 10.5 Å². The minimum Gasteiger partial charge on any atom is -0.497 e. The molecular formula is C13H20N2O2S. The molecule has 1 unspecified atom stereocenters. The van der Waals surface area contributed by atoms with Crippen LogP contribution in [0.25, 0.3) is 0 Å². The molecule has 1 aromatic rings. The molecule has 0 saturated carbocycles. The lowest BCUT2D eigenvalue weighted by Crippen LogP contribution is -2.41. The van der Waals surface area contributed by atoms with E-state index in [1.165, 1.54) is 0 Å². The van der Waals surface area contributed by atoms with Crippen molar-refractivity contribution >= 4 is 17.7 Å². The van der Waals surface area contributed by atoms with Crippen molar-refractivity contribution in [1.82, 2.24) is 5.32 Å². The molecule has 0 bridgehead atoms. The van der Waals surface area contributed by atoms with Crippen LogP contribution in [-0.4, -0.2) is 31.1 Å². The molecule has 0 aliphatic heterocycles. The lowest BCUT2D eigenvalue weighted by molar-refractivity contribution is -0.120. The van der Waals surface area contributed by atoms with Crippen LogP contribution in [0.5, 0.6) is 5.75 Å². The summed E-state index contributed by atoms with van der Waals surface area (Å²) in [5, 5.41) is 3.18. The van der Waals surface area contributed by atoms with Gasteiger partial charge in [0, 0.05) is 6.54 Å². The highest BCUT2D eigenvalue weighted by molar-refractivity contribution is 7.98. The summed E-state index contributed by atoms with van der Waals surface area (Å²) in [6, 6.07) is 7.48. The predicted molar refractivity (Wildman–Crippen MR) is 75.8 cm³/mol. The number of methoxy groups -OCH3 is 1. The van der Waals surface area contributed by atoms with Crippen molar-refractivity contribution in [1.29, 1.82) is 0 Å². The Morgan fingerprint density at radius 2 is 2.11 bits per heavy atom. The summed E-state index contributed by atoms with van der Waals surface area (Å²) < 4.78 is 5.09. The topological polar surface area (TPSA) is 64.3 Å². The highest BCUT2D eigenvalue weighted by atomic mass is 32.2. The molecule has 1 atom stereocenters. The van der Waals surface area contributed by atoms with Gasteiger partial charge in [0.05, 0.1) is 13.2 Å². The Bertz CT molecular complexity index is 368. The fourth-order valence-electron chi connectivity index (χ4n) is 1.57. The maximum Gasteiger partial charge on any atom is 0.234 e. The lowest BCUT2D eigenvalue weighted by Gasteiger charge is -2.15. The minimum absolute atomic E-state index is 0.264. The van der Waals surface area contributed by atoms with Crippen molar-refractivity contribution < 1.29 is 9.53 Å². The quantitative estimate of drug-likeness (QED) is 0.748. The van der Waals surface area contributed by atoms with Crippen molar-refractivity contribution in [2.24, 2.45) is 5.73 Å². The molecule has 0 fully saturated rings. The van der Waals surface area contributed by atoms with E-state index in [-0.39, 0.29) is 11.9 Å². The normalized spacial score (nSPS) is 12.1. The third kappa shape index (κ3) is 4.98. The number of carbonyl (C=O) groups is 1. The largest absolute Gasteiger partial charge is 0.497 e. The van der Waals surface area contributed by atoms with E-state index in [1.807, 2.05) is 30.5 Å². The smallest absolute Gasteiger partial charge is 0.234 e. The number of ether oxygens (including phenoxy) is 1. The number of thioether (sulfide) groups is 1. The van der Waals surface area contributed by atoms with Crippen LogP contribution in [-0.2, 0) is 11.3 Å². The van der Waals surface area contributed by atoms with Gasteiger partial charge in [-0.3, -0.25) is 4.79 Å². The van der Waals surface area contributed by atoms with Gasteiger partial charge in [0.2, 0.25) is 5.91 Å². The Kier molecular flexibility index (Phi) is 6.60. The van der Waals surface area contributed by atoms with E-state index in [2.05, 4.69) is 5.32 Å². The van der Waals surface area contributed by atoms with Gasteiger partial charge in [-0.25, -0.2) is 0 Å². The standard InChI is InChI=1S/C13H20N2O2S/c1-17-11-5-3-10(4-6-11)9-15-12(13(14)16)7-8-18-2/h3-6,12,15H,7-9H2,1-2H3,(H2,14,16). The molecular weight excluding hydrogens is 248 g/mol. The van der Waals surface area contributed by atoms with Gasteiger partial charge in [-0.2, -0.15) is 11.8 Å². The van der Waals surface area contributed by atoms with E-state index in [0.29, 0.717) is 6.54 Å². The van der Waals surface area contributed by atoms with Gasteiger partial charge in [-0.05, 0) is 36.1 Å². The van der Waals surface area contributed by atoms with Crippen LogP contribution in [0.15, 0.2) is 24.3 Å². The van der Waals surface area contributed by atoms with Crippen LogP contribution in [0.1, 0.15) is 12.0 Å². The van der Waals surface area contributed by atoms with Crippen LogP contribution in [0.4, 0.5) is 0 Å². The Morgan fingerprint density at radius 1 is 1.44 bits per heavy atom. The number of rotatable bonds is 8. The summed E-state index contributed by atoms with van der Waals surface area (Å²) >= 11 is 1.71. The second-order valence-corrected chi connectivity index (χ2v) is 4.95. The fraction of sp³-hybridized carbons (Fsp3) is 0.462. The number of primary amides is 1. The molecule has 100 valence electrons. The first-order valence-electron chi connectivity index (χ1n) is 5.82. The highest BCUT2D eigenvalue weighted by Gasteiger charge is 2.13. The van der Waals surface area contributed by atoms with Crippen molar-refractivity contribution in [3.05, 3.63) is 29.8 Å². The molecule has 0 aliphatic rings. The molecule has 1 amide bonds. The highest BCUT2D eigenvalue weighted by Crippen LogP contribution is 2.11. The van der Waals surface area contributed by atoms with Gasteiger partial charge in [0.25, 0.3) is 0 Å². The number of amides is 1. The monoisotopic (exact) mass is 268 g/mol. The Labute approximate surface area is 112 Å². The summed E-state index contributed by atoms with van der Waals surface area (Å²) in [5.74, 6) is 1.45. The molecule has 4 nitrogen and oxygen atoms in total. The molecule has 0 radical (unpaired) electrons. The third-order valence-corrected chi connectivity index (χ3v) is 3.31. The molecule has 0 heterocycles. The van der Waals surface area contributed by atoms with E-state index >= 15 is 0 Å². The van der Waals surface area contributed by atoms with E-state index < -0.39 is 0 Å².